The third-order valence-corrected chi connectivity index (χ3v) is 9.92. The number of amides is 3. The van der Waals surface area contributed by atoms with Crippen LogP contribution in [0.15, 0.2) is 57.5 Å². The summed E-state index contributed by atoms with van der Waals surface area (Å²) in [4.78, 5) is 61.2. The highest BCUT2D eigenvalue weighted by molar-refractivity contribution is 9.11. The van der Waals surface area contributed by atoms with Crippen molar-refractivity contribution in [3.63, 3.8) is 0 Å². The van der Waals surface area contributed by atoms with Crippen molar-refractivity contribution in [1.29, 1.82) is 0 Å². The molecule has 0 atom stereocenters. The molecular weight excluding hydrogens is 919 g/mol. The van der Waals surface area contributed by atoms with Crippen LogP contribution in [0.4, 0.5) is 20.2 Å². The fourth-order valence-corrected chi connectivity index (χ4v) is 7.30. The molecule has 3 amide bonds. The highest BCUT2D eigenvalue weighted by Gasteiger charge is 2.19. The highest BCUT2D eigenvalue weighted by atomic mass is 79.9. The van der Waals surface area contributed by atoms with Crippen LogP contribution in [0.25, 0.3) is 0 Å². The minimum absolute atomic E-state index is 0.0334. The number of hydrogen-bond donors (Lipinski definition) is 3. The Morgan fingerprint density at radius 1 is 0.719 bits per heavy atom. The Morgan fingerprint density at radius 2 is 1.30 bits per heavy atom. The topological polar surface area (TPSA) is 149 Å². The molecule has 0 bridgehead atoms. The van der Waals surface area contributed by atoms with Crippen molar-refractivity contribution in [2.24, 2.45) is 0 Å². The van der Waals surface area contributed by atoms with Crippen LogP contribution in [0.1, 0.15) is 71.3 Å². The van der Waals surface area contributed by atoms with Gasteiger partial charge in [-0.05, 0) is 117 Å². The molecule has 4 rings (SSSR count). The fraction of sp³-hybridized carbons (Fsp3) is 0.275. The maximum Gasteiger partial charge on any atom is 0.333 e. The summed E-state index contributed by atoms with van der Waals surface area (Å²) in [5, 5.41) is 7.77. The molecule has 0 spiro atoms. The lowest BCUT2D eigenvalue weighted by molar-refractivity contribution is -0.158. The van der Waals surface area contributed by atoms with E-state index in [9.17, 15) is 28.4 Å². The molecule has 11 nitrogen and oxygen atoms in total. The minimum Gasteiger partial charge on any atom is -0.486 e. The standard InChI is InChI=1S/C40H37Br2Cl2F2N3O8/c1-5-33(50)48-31-16-30(45)24(11-21(31)4)18-55-38-26(41)14-23(15-27(38)42)40(54)47-17-36(53)57-35(52)8-7-22-12-28(43)39(29(44)13-22)56-19-25-9-20(3)10-32(37(25)46)49-34(51)6-2/h9-16H,5-8,17-19H2,1-4H3,(H,47,54)(H,48,50)(H,49,51). The highest BCUT2D eigenvalue weighted by Crippen LogP contribution is 2.37. The van der Waals surface area contributed by atoms with E-state index in [1.54, 1.807) is 39.8 Å². The van der Waals surface area contributed by atoms with Gasteiger partial charge in [-0.15, -0.1) is 0 Å². The second kappa shape index (κ2) is 20.7. The van der Waals surface area contributed by atoms with E-state index in [0.29, 0.717) is 31.3 Å². The zero-order valence-electron chi connectivity index (χ0n) is 31.1. The Kier molecular flexibility index (Phi) is 16.4. The number of carbonyl (C=O) groups excluding carboxylic acids is 5. The monoisotopic (exact) mass is 953 g/mol. The first-order chi connectivity index (χ1) is 27.0. The third-order valence-electron chi connectivity index (χ3n) is 8.18. The number of benzene rings is 4. The Bertz CT molecular complexity index is 2180. The second-order valence-corrected chi connectivity index (χ2v) is 15.1. The van der Waals surface area contributed by atoms with Crippen molar-refractivity contribution in [3.8, 4) is 11.5 Å². The van der Waals surface area contributed by atoms with E-state index in [4.69, 9.17) is 37.4 Å². The van der Waals surface area contributed by atoms with Crippen LogP contribution < -0.4 is 25.4 Å². The number of ether oxygens (including phenoxy) is 3. The SMILES string of the molecule is CCC(=O)Nc1cc(F)c(COc2c(Br)cc(C(=O)NCC(=O)OC(=O)CCc3cc(Cl)c(OCc4cc(C)cc(NC(=O)CC)c4F)c(Cl)c3)cc2Br)cc1C. The van der Waals surface area contributed by atoms with Crippen LogP contribution in [0, 0.1) is 25.5 Å². The van der Waals surface area contributed by atoms with Crippen LogP contribution in [-0.4, -0.2) is 36.2 Å². The van der Waals surface area contributed by atoms with E-state index in [1.807, 2.05) is 0 Å². The first-order valence-corrected chi connectivity index (χ1v) is 19.8. The van der Waals surface area contributed by atoms with Crippen molar-refractivity contribution >= 4 is 96.1 Å². The predicted octanol–water partition coefficient (Wildman–Crippen LogP) is 9.70. The average molecular weight is 956 g/mol. The van der Waals surface area contributed by atoms with Crippen molar-refractivity contribution < 1.29 is 47.0 Å². The van der Waals surface area contributed by atoms with Crippen LogP contribution in [0.2, 0.25) is 10.0 Å². The molecular formula is C40H37Br2Cl2F2N3O8. The summed E-state index contributed by atoms with van der Waals surface area (Å²) in [5.74, 6) is -3.93. The molecule has 0 unspecified atom stereocenters. The number of carbonyl (C=O) groups is 5. The van der Waals surface area contributed by atoms with Gasteiger partial charge in [-0.3, -0.25) is 19.2 Å². The lowest BCUT2D eigenvalue weighted by Crippen LogP contribution is -2.31. The zero-order chi connectivity index (χ0) is 42.0. The molecule has 0 aliphatic rings. The molecule has 0 fully saturated rings. The molecule has 0 aromatic heterocycles. The molecule has 0 aliphatic carbocycles. The molecule has 3 N–H and O–H groups in total. The average Bonchev–Trinajstić information content (AvgIpc) is 3.15. The molecule has 0 saturated carbocycles. The van der Waals surface area contributed by atoms with Gasteiger partial charge < -0.3 is 30.2 Å². The summed E-state index contributed by atoms with van der Waals surface area (Å²) in [7, 11) is 0. The Labute approximate surface area is 354 Å². The molecule has 4 aromatic rings. The van der Waals surface area contributed by atoms with E-state index >= 15 is 4.39 Å². The minimum atomic E-state index is -0.996. The number of rotatable bonds is 16. The van der Waals surface area contributed by atoms with Gasteiger partial charge in [0.15, 0.2) is 11.6 Å². The maximum absolute atomic E-state index is 15.0. The summed E-state index contributed by atoms with van der Waals surface area (Å²) in [6.45, 7) is 5.83. The summed E-state index contributed by atoms with van der Waals surface area (Å²) >= 11 is 19.5. The van der Waals surface area contributed by atoms with Gasteiger partial charge in [0.25, 0.3) is 5.91 Å². The van der Waals surface area contributed by atoms with Crippen molar-refractivity contribution in [2.45, 2.75) is 66.6 Å². The lowest BCUT2D eigenvalue weighted by atomic mass is 10.1. The quantitative estimate of drug-likeness (QED) is 0.0743. The largest absolute Gasteiger partial charge is 0.486 e. The fourth-order valence-electron chi connectivity index (χ4n) is 5.24. The first kappa shape index (κ1) is 45.1. The molecule has 4 aromatic carbocycles. The number of halogens is 6. The number of aryl methyl sites for hydroxylation is 3. The number of nitrogens with one attached hydrogen (secondary N) is 3. The van der Waals surface area contributed by atoms with E-state index in [2.05, 4.69) is 47.8 Å². The first-order valence-electron chi connectivity index (χ1n) is 17.4. The van der Waals surface area contributed by atoms with Gasteiger partial charge in [-0.25, -0.2) is 13.6 Å². The Morgan fingerprint density at radius 3 is 1.91 bits per heavy atom. The number of hydrogen-bond acceptors (Lipinski definition) is 8. The summed E-state index contributed by atoms with van der Waals surface area (Å²) in [5.41, 5.74) is 2.84. The van der Waals surface area contributed by atoms with E-state index in [0.717, 1.165) is 0 Å². The maximum atomic E-state index is 15.0. The van der Waals surface area contributed by atoms with Crippen LogP contribution in [-0.2, 0) is 43.5 Å². The van der Waals surface area contributed by atoms with Gasteiger partial charge in [-0.1, -0.05) is 37.0 Å². The zero-order valence-corrected chi connectivity index (χ0v) is 35.8. The van der Waals surface area contributed by atoms with Crippen molar-refractivity contribution in [1.82, 2.24) is 5.32 Å². The molecule has 0 aliphatic heterocycles. The number of anilines is 2. The van der Waals surface area contributed by atoms with Gasteiger partial charge in [0, 0.05) is 35.2 Å². The summed E-state index contributed by atoms with van der Waals surface area (Å²) in [6.07, 6.45) is 0.305. The molecule has 0 heterocycles. The van der Waals surface area contributed by atoms with E-state index in [-0.39, 0.29) is 94.6 Å². The van der Waals surface area contributed by atoms with Crippen molar-refractivity contribution in [2.75, 3.05) is 17.2 Å². The second-order valence-electron chi connectivity index (χ2n) is 12.6. The number of esters is 2. The van der Waals surface area contributed by atoms with Crippen molar-refractivity contribution in [3.05, 3.63) is 113 Å². The van der Waals surface area contributed by atoms with Gasteiger partial charge in [0.2, 0.25) is 11.8 Å². The van der Waals surface area contributed by atoms with Gasteiger partial charge in [0.1, 0.15) is 31.3 Å². The van der Waals surface area contributed by atoms with Gasteiger partial charge in [-0.2, -0.15) is 0 Å². The molecule has 0 saturated heterocycles. The summed E-state index contributed by atoms with van der Waals surface area (Å²) in [6, 6.07) is 11.8. The molecule has 0 radical (unpaired) electrons. The van der Waals surface area contributed by atoms with E-state index in [1.165, 1.54) is 36.4 Å². The Balaban J connectivity index is 1.26. The normalized spacial score (nSPS) is 10.8. The summed E-state index contributed by atoms with van der Waals surface area (Å²) < 4.78 is 46.9. The van der Waals surface area contributed by atoms with Crippen LogP contribution in [0.5, 0.6) is 11.5 Å². The lowest BCUT2D eigenvalue weighted by Gasteiger charge is -2.15. The smallest absolute Gasteiger partial charge is 0.333 e. The molecule has 302 valence electrons. The third kappa shape index (κ3) is 12.7. The van der Waals surface area contributed by atoms with Gasteiger partial charge >= 0.3 is 11.9 Å². The van der Waals surface area contributed by atoms with E-state index < -0.39 is 36.0 Å². The van der Waals surface area contributed by atoms with Crippen LogP contribution >= 0.6 is 55.1 Å². The molecule has 17 heteroatoms. The predicted molar refractivity (Wildman–Crippen MR) is 219 cm³/mol. The molecule has 57 heavy (non-hydrogen) atoms. The van der Waals surface area contributed by atoms with Gasteiger partial charge in [0.05, 0.1) is 31.1 Å². The Hall–Kier alpha value is -4.57. The van der Waals surface area contributed by atoms with Crippen LogP contribution in [0.3, 0.4) is 0 Å².